The molecule has 1 aliphatic rings. The Hall–Kier alpha value is -2.13. The highest BCUT2D eigenvalue weighted by molar-refractivity contribution is 9.10. The van der Waals surface area contributed by atoms with Crippen molar-refractivity contribution in [1.82, 2.24) is 4.90 Å². The molecule has 144 valence electrons. The third-order valence-corrected chi connectivity index (χ3v) is 6.66. The summed E-state index contributed by atoms with van der Waals surface area (Å²) in [6.45, 7) is 4.28. The van der Waals surface area contributed by atoms with Crippen LogP contribution < -0.4 is 5.32 Å². The Balaban J connectivity index is 1.78. The van der Waals surface area contributed by atoms with Crippen LogP contribution in [0.2, 0.25) is 0 Å². The van der Waals surface area contributed by atoms with Crippen molar-refractivity contribution in [3.05, 3.63) is 45.8 Å². The van der Waals surface area contributed by atoms with E-state index < -0.39 is 10.0 Å². The fourth-order valence-electron chi connectivity index (χ4n) is 2.92. The maximum absolute atomic E-state index is 12.5. The molecule has 3 rings (SSSR count). The van der Waals surface area contributed by atoms with E-state index in [4.69, 9.17) is 4.42 Å². The molecule has 0 bridgehead atoms. The van der Waals surface area contributed by atoms with Crippen LogP contribution in [0.5, 0.6) is 0 Å². The lowest BCUT2D eigenvalue weighted by molar-refractivity contribution is 0.102. The number of nitrogens with one attached hydrogen (secondary N) is 1. The maximum Gasteiger partial charge on any atom is 0.283 e. The zero-order chi connectivity index (χ0) is 19.8. The first kappa shape index (κ1) is 19.6. The summed E-state index contributed by atoms with van der Waals surface area (Å²) in [5.74, 6) is 1.37. The third-order valence-electron chi connectivity index (χ3n) is 4.38. The van der Waals surface area contributed by atoms with Crippen LogP contribution in [0.4, 0.5) is 5.69 Å². The zero-order valence-electron chi connectivity index (χ0n) is 15.2. The Bertz CT molecular complexity index is 1010. The predicted octanol–water partition coefficient (Wildman–Crippen LogP) is 3.72. The molecule has 27 heavy (non-hydrogen) atoms. The molecule has 1 fully saturated rings. The molecule has 0 radical (unpaired) electrons. The second kappa shape index (κ2) is 7.47. The van der Waals surface area contributed by atoms with Gasteiger partial charge in [-0.1, -0.05) is 0 Å². The average Bonchev–Trinajstić information content (AvgIpc) is 3.10. The van der Waals surface area contributed by atoms with Gasteiger partial charge in [0.1, 0.15) is 17.4 Å². The van der Waals surface area contributed by atoms with Crippen LogP contribution in [0.1, 0.15) is 34.7 Å². The predicted molar refractivity (Wildman–Crippen MR) is 107 cm³/mol. The SMILES string of the molecule is Cc1oc(C)c(C(=O)Nc2ccc(S(=O)(=O)/N=C3/CCCN3C)cc2)c1Br. The van der Waals surface area contributed by atoms with E-state index in [2.05, 4.69) is 25.6 Å². The maximum atomic E-state index is 12.5. The van der Waals surface area contributed by atoms with Crippen molar-refractivity contribution < 1.29 is 17.6 Å². The first-order chi connectivity index (χ1) is 12.7. The zero-order valence-corrected chi connectivity index (χ0v) is 17.6. The molecular weight excluding hydrogens is 434 g/mol. The molecule has 0 atom stereocenters. The summed E-state index contributed by atoms with van der Waals surface area (Å²) >= 11 is 3.35. The number of hydrogen-bond acceptors (Lipinski definition) is 4. The number of likely N-dealkylation sites (tertiary alicyclic amines) is 1. The topological polar surface area (TPSA) is 92.0 Å². The van der Waals surface area contributed by atoms with E-state index in [9.17, 15) is 13.2 Å². The molecule has 0 unspecified atom stereocenters. The molecule has 1 aromatic heterocycles. The lowest BCUT2D eigenvalue weighted by Gasteiger charge is -2.11. The van der Waals surface area contributed by atoms with Crippen LogP contribution in [0.15, 0.2) is 42.4 Å². The van der Waals surface area contributed by atoms with Gasteiger partial charge in [-0.2, -0.15) is 8.42 Å². The molecule has 1 N–H and O–H groups in total. The van der Waals surface area contributed by atoms with Gasteiger partial charge in [-0.15, -0.1) is 4.40 Å². The second-order valence-corrected chi connectivity index (χ2v) is 8.79. The van der Waals surface area contributed by atoms with Crippen LogP contribution >= 0.6 is 15.9 Å². The highest BCUT2D eigenvalue weighted by Gasteiger charge is 2.22. The molecular formula is C18H20BrN3O4S. The van der Waals surface area contributed by atoms with Gasteiger partial charge in [-0.3, -0.25) is 4.79 Å². The van der Waals surface area contributed by atoms with E-state index in [-0.39, 0.29) is 10.8 Å². The van der Waals surface area contributed by atoms with Gasteiger partial charge in [-0.05, 0) is 60.5 Å². The smallest absolute Gasteiger partial charge is 0.283 e. The molecule has 1 aliphatic heterocycles. The summed E-state index contributed by atoms with van der Waals surface area (Å²) < 4.78 is 34.9. The first-order valence-electron chi connectivity index (χ1n) is 8.41. The summed E-state index contributed by atoms with van der Waals surface area (Å²) in [7, 11) is -1.94. The van der Waals surface area contributed by atoms with E-state index in [0.29, 0.717) is 39.5 Å². The number of amides is 1. The highest BCUT2D eigenvalue weighted by atomic mass is 79.9. The van der Waals surface area contributed by atoms with Gasteiger partial charge in [0.2, 0.25) is 0 Å². The minimum absolute atomic E-state index is 0.0878. The third kappa shape index (κ3) is 4.08. The number of amidine groups is 1. The number of anilines is 1. The van der Waals surface area contributed by atoms with Crippen molar-refractivity contribution in [2.45, 2.75) is 31.6 Å². The van der Waals surface area contributed by atoms with Crippen LogP contribution in [-0.4, -0.2) is 38.7 Å². The largest absolute Gasteiger partial charge is 0.465 e. The molecule has 0 saturated carbocycles. The second-order valence-electron chi connectivity index (χ2n) is 6.39. The summed E-state index contributed by atoms with van der Waals surface area (Å²) in [6.07, 6.45) is 1.56. The molecule has 0 aliphatic carbocycles. The summed E-state index contributed by atoms with van der Waals surface area (Å²) in [4.78, 5) is 14.4. The molecule has 1 amide bonds. The number of halogens is 1. The minimum Gasteiger partial charge on any atom is -0.465 e. The number of carbonyl (C=O) groups excluding carboxylic acids is 1. The number of nitrogens with zero attached hydrogens (tertiary/aromatic N) is 2. The quantitative estimate of drug-likeness (QED) is 0.760. The fourth-order valence-corrected chi connectivity index (χ4v) is 4.55. The van der Waals surface area contributed by atoms with Crippen molar-refractivity contribution in [2.24, 2.45) is 4.40 Å². The number of rotatable bonds is 4. The van der Waals surface area contributed by atoms with Crippen LogP contribution in [0.25, 0.3) is 0 Å². The van der Waals surface area contributed by atoms with Crippen molar-refractivity contribution in [2.75, 3.05) is 18.9 Å². The Labute approximate surface area is 166 Å². The van der Waals surface area contributed by atoms with E-state index in [0.717, 1.165) is 13.0 Å². The Morgan fingerprint density at radius 1 is 1.22 bits per heavy atom. The molecule has 7 nitrogen and oxygen atoms in total. The average molecular weight is 454 g/mol. The summed E-state index contributed by atoms with van der Waals surface area (Å²) in [5, 5.41) is 2.74. The first-order valence-corrected chi connectivity index (χ1v) is 10.6. The number of sulfonamides is 1. The summed E-state index contributed by atoms with van der Waals surface area (Å²) in [6, 6.07) is 5.96. The lowest BCUT2D eigenvalue weighted by Crippen LogP contribution is -2.20. The number of carbonyl (C=O) groups is 1. The van der Waals surface area contributed by atoms with Crippen LogP contribution in [-0.2, 0) is 10.0 Å². The Morgan fingerprint density at radius 3 is 2.41 bits per heavy atom. The monoisotopic (exact) mass is 453 g/mol. The lowest BCUT2D eigenvalue weighted by atomic mass is 10.2. The van der Waals surface area contributed by atoms with Crippen molar-refractivity contribution >= 4 is 43.4 Å². The molecule has 1 aromatic carbocycles. The van der Waals surface area contributed by atoms with Crippen LogP contribution in [0, 0.1) is 13.8 Å². The van der Waals surface area contributed by atoms with E-state index in [1.54, 1.807) is 26.0 Å². The van der Waals surface area contributed by atoms with Crippen molar-refractivity contribution in [1.29, 1.82) is 0 Å². The van der Waals surface area contributed by atoms with Gasteiger partial charge >= 0.3 is 0 Å². The highest BCUT2D eigenvalue weighted by Crippen LogP contribution is 2.28. The van der Waals surface area contributed by atoms with E-state index >= 15 is 0 Å². The fraction of sp³-hybridized carbons (Fsp3) is 0.333. The number of furan rings is 1. The van der Waals surface area contributed by atoms with Crippen molar-refractivity contribution in [3.63, 3.8) is 0 Å². The van der Waals surface area contributed by atoms with Gasteiger partial charge in [0, 0.05) is 25.7 Å². The molecule has 0 spiro atoms. The Morgan fingerprint density at radius 2 is 1.89 bits per heavy atom. The van der Waals surface area contributed by atoms with E-state index in [1.807, 2.05) is 11.9 Å². The van der Waals surface area contributed by atoms with Crippen LogP contribution in [0.3, 0.4) is 0 Å². The van der Waals surface area contributed by atoms with Gasteiger partial charge in [0.25, 0.3) is 15.9 Å². The number of aryl methyl sites for hydroxylation is 2. The van der Waals surface area contributed by atoms with E-state index in [1.165, 1.54) is 12.1 Å². The molecule has 2 heterocycles. The summed E-state index contributed by atoms with van der Waals surface area (Å²) in [5.41, 5.74) is 0.898. The number of benzene rings is 1. The van der Waals surface area contributed by atoms with Gasteiger partial charge in [0.15, 0.2) is 0 Å². The molecule has 2 aromatic rings. The number of hydrogen-bond donors (Lipinski definition) is 1. The van der Waals surface area contributed by atoms with Gasteiger partial charge in [0.05, 0.1) is 14.9 Å². The standard InChI is InChI=1S/C18H20BrN3O4S/c1-11-16(17(19)12(2)26-11)18(23)20-13-6-8-14(9-7-13)27(24,25)21-15-5-4-10-22(15)3/h6-9H,4-5,10H2,1-3H3,(H,20,23)/b21-15-. The Kier molecular flexibility index (Phi) is 5.43. The van der Waals surface area contributed by atoms with Crippen molar-refractivity contribution in [3.8, 4) is 0 Å². The molecule has 1 saturated heterocycles. The normalized spacial score (nSPS) is 16.1. The van der Waals surface area contributed by atoms with Gasteiger partial charge < -0.3 is 14.6 Å². The minimum atomic E-state index is -3.77. The van der Waals surface area contributed by atoms with Gasteiger partial charge in [-0.25, -0.2) is 0 Å². The molecule has 9 heteroatoms.